The van der Waals surface area contributed by atoms with Gasteiger partial charge in [-0.05, 0) is 60.2 Å². The highest BCUT2D eigenvalue weighted by atomic mass is 14.8. The van der Waals surface area contributed by atoms with Gasteiger partial charge in [-0.1, -0.05) is 105 Å². The maximum Gasteiger partial charge on any atom is 0.00277 e. The van der Waals surface area contributed by atoms with E-state index in [1.165, 1.54) is 27.2 Å². The molecule has 0 fully saturated rings. The Bertz CT molecular complexity index is 962. The maximum absolute atomic E-state index is 3.88. The Morgan fingerprint density at radius 1 is 0.935 bits per heavy atom. The largest absolute Gasteiger partial charge is 0.394 e. The average molecular weight is 414 g/mol. The lowest BCUT2D eigenvalue weighted by Gasteiger charge is -2.18. The summed E-state index contributed by atoms with van der Waals surface area (Å²) in [5, 5.41) is 5.49. The molecule has 1 nitrogen and oxygen atoms in total. The summed E-state index contributed by atoms with van der Waals surface area (Å²) in [5.41, 5.74) is 3.66. The molecule has 0 saturated heterocycles. The van der Waals surface area contributed by atoms with Crippen LogP contribution in [0.25, 0.3) is 11.6 Å². The second-order valence-corrected chi connectivity index (χ2v) is 6.81. The standard InChI is InChI=1S/C27H33N.C3H6/c1-7-10-11-19-25(22(4)16-8-2)27(23(5)17-14-15-21-28-6)26-20-13-12-18-24(26)9-3;1-3-2/h7-21,23,28H,1-2H2,3-6H3;3H,1H2,2H3/b11-10-,17-14-,21-15-,22-16+,24-9-,25-19+,27-26-;. The lowest BCUT2D eigenvalue weighted by molar-refractivity contribution is 0.950. The predicted molar refractivity (Wildman–Crippen MR) is 143 cm³/mol. The van der Waals surface area contributed by atoms with Crippen LogP contribution < -0.4 is 15.8 Å². The zero-order valence-electron chi connectivity index (χ0n) is 19.9. The molecule has 0 heterocycles. The summed E-state index contributed by atoms with van der Waals surface area (Å²) in [5.74, 6) is 0.221. The minimum absolute atomic E-state index is 0.221. The summed E-state index contributed by atoms with van der Waals surface area (Å²) < 4.78 is 0. The van der Waals surface area contributed by atoms with Gasteiger partial charge in [-0.15, -0.1) is 6.58 Å². The fourth-order valence-corrected chi connectivity index (χ4v) is 3.04. The Hall–Kier alpha value is -3.32. The maximum atomic E-state index is 3.88. The molecule has 1 aromatic rings. The van der Waals surface area contributed by atoms with E-state index in [1.807, 2.05) is 44.5 Å². The number of allylic oxidation sites excluding steroid dienone is 12. The average Bonchev–Trinajstić information content (AvgIpc) is 2.77. The molecular weight excluding hydrogens is 374 g/mol. The van der Waals surface area contributed by atoms with E-state index in [1.54, 1.807) is 12.2 Å². The molecule has 1 rings (SSSR count). The van der Waals surface area contributed by atoms with Gasteiger partial charge in [0.1, 0.15) is 0 Å². The van der Waals surface area contributed by atoms with Crippen molar-refractivity contribution in [3.05, 3.63) is 133 Å². The van der Waals surface area contributed by atoms with Gasteiger partial charge in [-0.25, -0.2) is 0 Å². The van der Waals surface area contributed by atoms with Gasteiger partial charge in [-0.3, -0.25) is 0 Å². The first kappa shape index (κ1) is 27.7. The molecule has 164 valence electrons. The first-order chi connectivity index (χ1) is 15.0. The highest BCUT2D eigenvalue weighted by Gasteiger charge is 2.14. The molecule has 0 aliphatic heterocycles. The SMILES string of the molecule is C=CC.C=C\C=C/C=C(C(=c1/cccc/c1=C/C)/C(C)/C=C\C=C/NC)\C(C)=C\C=C. The van der Waals surface area contributed by atoms with E-state index in [9.17, 15) is 0 Å². The number of nitrogens with one attached hydrogen (secondary N) is 1. The second-order valence-electron chi connectivity index (χ2n) is 6.81. The van der Waals surface area contributed by atoms with Crippen molar-refractivity contribution < 1.29 is 0 Å². The van der Waals surface area contributed by atoms with Crippen molar-refractivity contribution in [1.82, 2.24) is 5.32 Å². The molecule has 1 atom stereocenters. The molecule has 0 aliphatic carbocycles. The van der Waals surface area contributed by atoms with Crippen molar-refractivity contribution in [3.63, 3.8) is 0 Å². The van der Waals surface area contributed by atoms with Crippen LogP contribution in [0, 0.1) is 5.92 Å². The Balaban J connectivity index is 0.00000282. The first-order valence-corrected chi connectivity index (χ1v) is 10.6. The zero-order chi connectivity index (χ0) is 23.5. The van der Waals surface area contributed by atoms with Crippen molar-refractivity contribution in [2.24, 2.45) is 5.92 Å². The zero-order valence-corrected chi connectivity index (χ0v) is 19.9. The quantitative estimate of drug-likeness (QED) is 0.357. The topological polar surface area (TPSA) is 12.0 Å². The van der Waals surface area contributed by atoms with Gasteiger partial charge in [0, 0.05) is 13.0 Å². The molecular formula is C30H39N. The normalized spacial score (nSPS) is 14.9. The van der Waals surface area contributed by atoms with Crippen LogP contribution in [0.5, 0.6) is 0 Å². The summed E-state index contributed by atoms with van der Waals surface area (Å²) in [6.45, 7) is 19.4. The van der Waals surface area contributed by atoms with Crippen LogP contribution in [0.3, 0.4) is 0 Å². The molecule has 31 heavy (non-hydrogen) atoms. The Labute approximate surface area is 190 Å². The summed E-state index contributed by atoms with van der Waals surface area (Å²) in [4.78, 5) is 0. The van der Waals surface area contributed by atoms with Crippen LogP contribution in [-0.2, 0) is 0 Å². The summed E-state index contributed by atoms with van der Waals surface area (Å²) >= 11 is 0. The van der Waals surface area contributed by atoms with E-state index in [2.05, 4.69) is 100 Å². The van der Waals surface area contributed by atoms with Crippen LogP contribution in [0.1, 0.15) is 27.7 Å². The van der Waals surface area contributed by atoms with E-state index < -0.39 is 0 Å². The third kappa shape index (κ3) is 10.3. The van der Waals surface area contributed by atoms with Crippen LogP contribution in [0.4, 0.5) is 0 Å². The van der Waals surface area contributed by atoms with E-state index in [4.69, 9.17) is 0 Å². The molecule has 0 aromatic heterocycles. The molecule has 0 amide bonds. The summed E-state index contributed by atoms with van der Waals surface area (Å²) in [7, 11) is 1.90. The van der Waals surface area contributed by atoms with Crippen LogP contribution >= 0.6 is 0 Å². The third-order valence-electron chi connectivity index (χ3n) is 4.38. The van der Waals surface area contributed by atoms with Crippen molar-refractivity contribution in [2.45, 2.75) is 27.7 Å². The molecule has 1 unspecified atom stereocenters. The molecule has 0 aliphatic rings. The van der Waals surface area contributed by atoms with Gasteiger partial charge in [0.15, 0.2) is 0 Å². The van der Waals surface area contributed by atoms with Crippen molar-refractivity contribution >= 4 is 11.6 Å². The van der Waals surface area contributed by atoms with Gasteiger partial charge < -0.3 is 5.32 Å². The van der Waals surface area contributed by atoms with Crippen molar-refractivity contribution in [3.8, 4) is 0 Å². The fraction of sp³-hybridized carbons (Fsp3) is 0.200. The van der Waals surface area contributed by atoms with Crippen LogP contribution in [0.15, 0.2) is 122 Å². The van der Waals surface area contributed by atoms with E-state index >= 15 is 0 Å². The number of hydrogen-bond acceptors (Lipinski definition) is 1. The molecule has 0 bridgehead atoms. The van der Waals surface area contributed by atoms with Gasteiger partial charge in [0.05, 0.1) is 0 Å². The predicted octanol–water partition coefficient (Wildman–Crippen LogP) is 6.56. The van der Waals surface area contributed by atoms with Gasteiger partial charge >= 0.3 is 0 Å². The molecule has 0 spiro atoms. The molecule has 0 radical (unpaired) electrons. The van der Waals surface area contributed by atoms with Crippen LogP contribution in [-0.4, -0.2) is 7.05 Å². The Kier molecular flexibility index (Phi) is 15.7. The molecule has 0 saturated carbocycles. The van der Waals surface area contributed by atoms with E-state index in [0.29, 0.717) is 0 Å². The number of benzene rings is 1. The highest BCUT2D eigenvalue weighted by Crippen LogP contribution is 2.27. The summed E-state index contributed by atoms with van der Waals surface area (Å²) in [6, 6.07) is 8.55. The Morgan fingerprint density at radius 2 is 1.61 bits per heavy atom. The second kappa shape index (κ2) is 17.5. The third-order valence-corrected chi connectivity index (χ3v) is 4.38. The van der Waals surface area contributed by atoms with Gasteiger partial charge in [0.25, 0.3) is 0 Å². The van der Waals surface area contributed by atoms with E-state index in [-0.39, 0.29) is 5.92 Å². The van der Waals surface area contributed by atoms with Crippen LogP contribution in [0.2, 0.25) is 0 Å². The van der Waals surface area contributed by atoms with E-state index in [0.717, 1.165) is 0 Å². The van der Waals surface area contributed by atoms with Gasteiger partial charge in [0.2, 0.25) is 0 Å². The lowest BCUT2D eigenvalue weighted by Crippen LogP contribution is -2.29. The Morgan fingerprint density at radius 3 is 2.19 bits per heavy atom. The molecule has 1 aromatic carbocycles. The molecule has 1 N–H and O–H groups in total. The minimum atomic E-state index is 0.221. The summed E-state index contributed by atoms with van der Waals surface area (Å²) in [6.07, 6.45) is 24.0. The number of hydrogen-bond donors (Lipinski definition) is 1. The van der Waals surface area contributed by atoms with Crippen molar-refractivity contribution in [1.29, 1.82) is 0 Å². The molecule has 1 heteroatoms. The number of rotatable bonds is 9. The first-order valence-electron chi connectivity index (χ1n) is 10.6. The smallest absolute Gasteiger partial charge is 0.00277 e. The van der Waals surface area contributed by atoms with Gasteiger partial charge in [-0.2, -0.15) is 0 Å². The highest BCUT2D eigenvalue weighted by molar-refractivity contribution is 5.74. The fourth-order valence-electron chi connectivity index (χ4n) is 3.04. The lowest BCUT2D eigenvalue weighted by atomic mass is 9.86. The monoisotopic (exact) mass is 413 g/mol. The minimum Gasteiger partial charge on any atom is -0.394 e. The van der Waals surface area contributed by atoms with Crippen molar-refractivity contribution in [2.75, 3.05) is 7.05 Å².